The second-order valence-electron chi connectivity index (χ2n) is 3.05. The normalized spacial score (nSPS) is 8.94. The van der Waals surface area contributed by atoms with Crippen LogP contribution in [0, 0.1) is 0 Å². The molecule has 17 heavy (non-hydrogen) atoms. The molecule has 0 aliphatic rings. The van der Waals surface area contributed by atoms with Crippen LogP contribution in [0.15, 0.2) is 47.2 Å². The summed E-state index contributed by atoms with van der Waals surface area (Å²) >= 11 is 1.39. The number of carboxylic acids is 1. The van der Waals surface area contributed by atoms with E-state index in [0.717, 1.165) is 0 Å². The van der Waals surface area contributed by atoms with Gasteiger partial charge in [0, 0.05) is 10.9 Å². The number of carboxylic acid groups (broad SMARTS) is 1. The Morgan fingerprint density at radius 2 is 1.71 bits per heavy atom. The topological polar surface area (TPSA) is 80.4 Å². The molecule has 0 radical (unpaired) electrons. The van der Waals surface area contributed by atoms with Crippen molar-refractivity contribution in [2.24, 2.45) is 5.73 Å². The monoisotopic (exact) mass is 249 g/mol. The van der Waals surface area contributed by atoms with Crippen LogP contribution in [0.2, 0.25) is 0 Å². The molecule has 0 aliphatic carbocycles. The summed E-state index contributed by atoms with van der Waals surface area (Å²) in [6.07, 6.45) is 0. The van der Waals surface area contributed by atoms with Crippen molar-refractivity contribution in [1.82, 2.24) is 0 Å². The van der Waals surface area contributed by atoms with E-state index in [4.69, 9.17) is 10.8 Å². The molecule has 0 saturated carbocycles. The van der Waals surface area contributed by atoms with E-state index >= 15 is 0 Å². The largest absolute Gasteiger partial charge is 0.478 e. The number of primary amides is 1. The average molecular weight is 249 g/mol. The summed E-state index contributed by atoms with van der Waals surface area (Å²) in [5, 5.41) is 11.6. The van der Waals surface area contributed by atoms with Crippen LogP contribution in [-0.2, 0) is 0 Å². The van der Waals surface area contributed by atoms with Gasteiger partial charge in [0.25, 0.3) is 0 Å². The average Bonchev–Trinajstić information content (AvgIpc) is 2.84. The summed E-state index contributed by atoms with van der Waals surface area (Å²) in [5.74, 6) is -1.23. The second-order valence-corrected chi connectivity index (χ2v) is 3.83. The Bertz CT molecular complexity index is 480. The first kappa shape index (κ1) is 12.9. The molecule has 0 bridgehead atoms. The Balaban J connectivity index is 0.000000171. The number of carbonyl (C=O) groups excluding carboxylic acids is 1. The van der Waals surface area contributed by atoms with Crippen LogP contribution < -0.4 is 5.73 Å². The molecule has 1 aromatic heterocycles. The van der Waals surface area contributed by atoms with E-state index in [-0.39, 0.29) is 5.91 Å². The molecule has 0 atom stereocenters. The molecule has 5 heteroatoms. The molecule has 88 valence electrons. The molecule has 0 aliphatic heterocycles. The van der Waals surface area contributed by atoms with Crippen LogP contribution in [0.1, 0.15) is 20.7 Å². The van der Waals surface area contributed by atoms with Gasteiger partial charge < -0.3 is 10.8 Å². The van der Waals surface area contributed by atoms with Crippen LogP contribution in [-0.4, -0.2) is 17.0 Å². The molecule has 2 rings (SSSR count). The fourth-order valence-corrected chi connectivity index (χ4v) is 1.62. The lowest BCUT2D eigenvalue weighted by Gasteiger charge is -1.89. The van der Waals surface area contributed by atoms with Gasteiger partial charge in [-0.1, -0.05) is 18.2 Å². The van der Waals surface area contributed by atoms with Crippen molar-refractivity contribution >= 4 is 23.2 Å². The van der Waals surface area contributed by atoms with E-state index in [1.54, 1.807) is 41.1 Å². The quantitative estimate of drug-likeness (QED) is 0.856. The molecular formula is C12H11NO3S. The molecule has 0 spiro atoms. The third-order valence-corrected chi connectivity index (χ3v) is 2.51. The third kappa shape index (κ3) is 4.48. The van der Waals surface area contributed by atoms with Crippen molar-refractivity contribution in [2.45, 2.75) is 0 Å². The number of aromatic carboxylic acids is 1. The van der Waals surface area contributed by atoms with Gasteiger partial charge in [-0.25, -0.2) is 4.79 Å². The summed E-state index contributed by atoms with van der Waals surface area (Å²) in [6.45, 7) is 0. The third-order valence-electron chi connectivity index (χ3n) is 1.83. The van der Waals surface area contributed by atoms with Gasteiger partial charge in [0.1, 0.15) is 0 Å². The number of thiophene rings is 1. The molecule has 1 aromatic carbocycles. The molecule has 0 unspecified atom stereocenters. The van der Waals surface area contributed by atoms with Crippen LogP contribution >= 0.6 is 11.3 Å². The highest BCUT2D eigenvalue weighted by atomic mass is 32.1. The van der Waals surface area contributed by atoms with Gasteiger partial charge in [0.15, 0.2) is 0 Å². The summed E-state index contributed by atoms with van der Waals surface area (Å²) in [5.41, 5.74) is 5.90. The number of carbonyl (C=O) groups is 2. The van der Waals surface area contributed by atoms with Gasteiger partial charge in [-0.05, 0) is 23.6 Å². The van der Waals surface area contributed by atoms with Gasteiger partial charge in [-0.2, -0.15) is 11.3 Å². The lowest BCUT2D eigenvalue weighted by molar-refractivity contribution is 0.0697. The number of nitrogens with two attached hydrogens (primary N) is 1. The lowest BCUT2D eigenvalue weighted by Crippen LogP contribution is -2.09. The van der Waals surface area contributed by atoms with Crippen molar-refractivity contribution in [3.05, 3.63) is 58.3 Å². The minimum Gasteiger partial charge on any atom is -0.478 e. The van der Waals surface area contributed by atoms with Gasteiger partial charge in [0.05, 0.1) is 5.56 Å². The predicted molar refractivity (Wildman–Crippen MR) is 66.2 cm³/mol. The summed E-state index contributed by atoms with van der Waals surface area (Å²) < 4.78 is 0. The predicted octanol–water partition coefficient (Wildman–Crippen LogP) is 2.23. The molecule has 0 fully saturated rings. The zero-order chi connectivity index (χ0) is 12.7. The first-order chi connectivity index (χ1) is 8.11. The minimum absolute atomic E-state index is 0.370. The highest BCUT2D eigenvalue weighted by Gasteiger charge is 1.98. The maximum Gasteiger partial charge on any atom is 0.336 e. The molecule has 1 heterocycles. The van der Waals surface area contributed by atoms with Crippen LogP contribution in [0.5, 0.6) is 0 Å². The maximum absolute atomic E-state index is 10.4. The van der Waals surface area contributed by atoms with E-state index in [2.05, 4.69) is 0 Å². The van der Waals surface area contributed by atoms with E-state index < -0.39 is 5.97 Å². The highest BCUT2D eigenvalue weighted by Crippen LogP contribution is 2.04. The first-order valence-electron chi connectivity index (χ1n) is 4.71. The van der Waals surface area contributed by atoms with Crippen molar-refractivity contribution in [2.75, 3.05) is 0 Å². The van der Waals surface area contributed by atoms with Crippen molar-refractivity contribution in [1.29, 1.82) is 0 Å². The summed E-state index contributed by atoms with van der Waals surface area (Å²) in [6, 6.07) is 10.3. The molecular weight excluding hydrogens is 238 g/mol. The Hall–Kier alpha value is -2.14. The maximum atomic E-state index is 10.4. The number of benzene rings is 1. The standard InChI is InChI=1S/C7H7NO.C5H4O2S/c8-7(9)6-4-2-1-3-5-6;6-5(7)4-1-2-8-3-4/h1-5H,(H2,8,9);1-3H,(H,6,7). The van der Waals surface area contributed by atoms with E-state index in [9.17, 15) is 9.59 Å². The zero-order valence-electron chi connectivity index (χ0n) is 8.87. The number of hydrogen-bond acceptors (Lipinski definition) is 3. The Labute approximate surface area is 102 Å². The van der Waals surface area contributed by atoms with Gasteiger partial charge in [0.2, 0.25) is 5.91 Å². The smallest absolute Gasteiger partial charge is 0.336 e. The second kappa shape index (κ2) is 6.44. The molecule has 3 N–H and O–H groups in total. The number of amides is 1. The fourth-order valence-electron chi connectivity index (χ4n) is 0.989. The van der Waals surface area contributed by atoms with Gasteiger partial charge >= 0.3 is 5.97 Å². The van der Waals surface area contributed by atoms with Gasteiger partial charge in [-0.3, -0.25) is 4.79 Å². The molecule has 0 saturated heterocycles. The fraction of sp³-hybridized carbons (Fsp3) is 0. The Morgan fingerprint density at radius 1 is 1.06 bits per heavy atom. The van der Waals surface area contributed by atoms with Crippen LogP contribution in [0.25, 0.3) is 0 Å². The highest BCUT2D eigenvalue weighted by molar-refractivity contribution is 7.08. The SMILES string of the molecule is NC(=O)c1ccccc1.O=C(O)c1ccsc1. The Kier molecular flexibility index (Phi) is 4.90. The summed E-state index contributed by atoms with van der Waals surface area (Å²) in [7, 11) is 0. The molecule has 1 amide bonds. The Morgan fingerprint density at radius 3 is 2.00 bits per heavy atom. The first-order valence-corrected chi connectivity index (χ1v) is 5.66. The van der Waals surface area contributed by atoms with Crippen LogP contribution in [0.4, 0.5) is 0 Å². The lowest BCUT2D eigenvalue weighted by atomic mass is 10.2. The van der Waals surface area contributed by atoms with Crippen molar-refractivity contribution in [3.63, 3.8) is 0 Å². The summed E-state index contributed by atoms with van der Waals surface area (Å²) in [4.78, 5) is 20.5. The minimum atomic E-state index is -0.855. The van der Waals surface area contributed by atoms with Crippen LogP contribution in [0.3, 0.4) is 0 Å². The van der Waals surface area contributed by atoms with Crippen molar-refractivity contribution < 1.29 is 14.7 Å². The van der Waals surface area contributed by atoms with E-state index in [1.165, 1.54) is 11.3 Å². The van der Waals surface area contributed by atoms with Crippen molar-refractivity contribution in [3.8, 4) is 0 Å². The zero-order valence-corrected chi connectivity index (χ0v) is 9.68. The van der Waals surface area contributed by atoms with E-state index in [0.29, 0.717) is 11.1 Å². The number of hydrogen-bond donors (Lipinski definition) is 2. The number of rotatable bonds is 2. The van der Waals surface area contributed by atoms with E-state index in [1.807, 2.05) is 6.07 Å². The molecule has 2 aromatic rings. The molecule has 4 nitrogen and oxygen atoms in total. The van der Waals surface area contributed by atoms with Gasteiger partial charge in [-0.15, -0.1) is 0 Å².